The summed E-state index contributed by atoms with van der Waals surface area (Å²) >= 11 is 0. The summed E-state index contributed by atoms with van der Waals surface area (Å²) in [4.78, 5) is 18.4. The van der Waals surface area contributed by atoms with Gasteiger partial charge in [-0.25, -0.2) is 4.79 Å². The Morgan fingerprint density at radius 2 is 2.36 bits per heavy atom. The van der Waals surface area contributed by atoms with E-state index < -0.39 is 6.16 Å². The van der Waals surface area contributed by atoms with Crippen LogP contribution in [0.4, 0.5) is 4.79 Å². The maximum absolute atomic E-state index is 10.1. The minimum atomic E-state index is -0.760. The number of ether oxygens (including phenoxy) is 2. The van der Waals surface area contributed by atoms with Gasteiger partial charge in [0.25, 0.3) is 0 Å². The van der Waals surface area contributed by atoms with Gasteiger partial charge in [0.1, 0.15) is 12.7 Å². The number of allylic oxidation sites excluding steroid dienone is 1. The van der Waals surface area contributed by atoms with Crippen molar-refractivity contribution in [1.29, 1.82) is 0 Å². The zero-order valence-electron chi connectivity index (χ0n) is 8.32. The number of hydrogen-bond donors (Lipinski definition) is 0. The Balaban J connectivity index is 0.000000255. The van der Waals surface area contributed by atoms with Crippen LogP contribution in [-0.2, 0) is 19.2 Å². The highest BCUT2D eigenvalue weighted by molar-refractivity contribution is 5.59. The molecule has 80 valence electrons. The van der Waals surface area contributed by atoms with Gasteiger partial charge in [-0.15, -0.1) is 0 Å². The second kappa shape index (κ2) is 6.97. The van der Waals surface area contributed by atoms with Crippen LogP contribution in [0.1, 0.15) is 13.8 Å². The Bertz CT molecular complexity index is 211. The lowest BCUT2D eigenvalue weighted by atomic mass is 10.4. The third-order valence-electron chi connectivity index (χ3n) is 1.01. The van der Waals surface area contributed by atoms with Crippen molar-refractivity contribution >= 4 is 6.16 Å². The van der Waals surface area contributed by atoms with Crippen molar-refractivity contribution in [1.82, 2.24) is 0 Å². The number of hydrogen-bond acceptors (Lipinski definition) is 5. The van der Waals surface area contributed by atoms with E-state index in [2.05, 4.69) is 32.4 Å². The van der Waals surface area contributed by atoms with E-state index in [0.717, 1.165) is 0 Å². The van der Waals surface area contributed by atoms with E-state index in [1.54, 1.807) is 13.8 Å². The number of rotatable bonds is 2. The van der Waals surface area contributed by atoms with E-state index in [4.69, 9.17) is 0 Å². The minimum Gasteiger partial charge on any atom is -0.471 e. The Hall–Kier alpha value is -1.49. The third kappa shape index (κ3) is 7.17. The highest BCUT2D eigenvalue weighted by Gasteiger charge is 2.17. The van der Waals surface area contributed by atoms with E-state index in [1.807, 2.05) is 0 Å². The van der Waals surface area contributed by atoms with Crippen molar-refractivity contribution in [3.05, 3.63) is 25.2 Å². The second-order valence-corrected chi connectivity index (χ2v) is 2.53. The Morgan fingerprint density at radius 1 is 1.71 bits per heavy atom. The smallest absolute Gasteiger partial charge is 0.471 e. The first-order valence-electron chi connectivity index (χ1n) is 3.99. The summed E-state index contributed by atoms with van der Waals surface area (Å²) in [6.07, 6.45) is 0.405. The molecule has 14 heavy (non-hydrogen) atoms. The van der Waals surface area contributed by atoms with Crippen molar-refractivity contribution in [2.24, 2.45) is 0 Å². The summed E-state index contributed by atoms with van der Waals surface area (Å²) in [5.41, 5.74) is 0. The van der Waals surface area contributed by atoms with Crippen LogP contribution in [0.2, 0.25) is 0 Å². The van der Waals surface area contributed by atoms with Gasteiger partial charge in [0.2, 0.25) is 0 Å². The highest BCUT2D eigenvalue weighted by atomic mass is 17.2. The van der Waals surface area contributed by atoms with Crippen LogP contribution in [0.5, 0.6) is 0 Å². The SMILES string of the molecule is C=COC(=C)C.CC1COOC(=O)O1. The molecule has 0 spiro atoms. The standard InChI is InChI=1S/C5H8O.C4H6O4/c1-4-6-5(2)3;1-3-2-6-8-4(5)7-3/h4H,1-2H2,3H3;3H,2H2,1H3. The molecule has 0 radical (unpaired) electrons. The molecule has 1 saturated heterocycles. The highest BCUT2D eigenvalue weighted by Crippen LogP contribution is 2.01. The molecule has 1 unspecified atom stereocenters. The summed E-state index contributed by atoms with van der Waals surface area (Å²) in [7, 11) is 0. The molecule has 1 aliphatic heterocycles. The molecule has 5 nitrogen and oxygen atoms in total. The molecular formula is C9H14O5. The summed E-state index contributed by atoms with van der Waals surface area (Å²) in [6.45, 7) is 10.6. The van der Waals surface area contributed by atoms with Crippen molar-refractivity contribution in [3.8, 4) is 0 Å². The van der Waals surface area contributed by atoms with Crippen molar-refractivity contribution in [2.75, 3.05) is 6.61 Å². The quantitative estimate of drug-likeness (QED) is 0.390. The molecule has 0 bridgehead atoms. The first-order valence-corrected chi connectivity index (χ1v) is 3.99. The fourth-order valence-electron chi connectivity index (χ4n) is 0.538. The zero-order chi connectivity index (χ0) is 11.0. The van der Waals surface area contributed by atoms with Crippen molar-refractivity contribution < 1.29 is 24.0 Å². The van der Waals surface area contributed by atoms with Crippen LogP contribution in [0, 0.1) is 0 Å². The van der Waals surface area contributed by atoms with E-state index in [0.29, 0.717) is 12.4 Å². The first kappa shape index (κ1) is 12.5. The Morgan fingerprint density at radius 3 is 2.57 bits per heavy atom. The number of carbonyl (C=O) groups is 1. The number of cyclic esters (lactones) is 1. The molecule has 0 amide bonds. The third-order valence-corrected chi connectivity index (χ3v) is 1.01. The van der Waals surface area contributed by atoms with E-state index in [9.17, 15) is 4.79 Å². The predicted molar refractivity (Wildman–Crippen MR) is 49.1 cm³/mol. The number of carbonyl (C=O) groups excluding carboxylic acids is 1. The molecule has 0 aromatic carbocycles. The summed E-state index contributed by atoms with van der Waals surface area (Å²) in [6, 6.07) is 0. The van der Waals surface area contributed by atoms with Crippen molar-refractivity contribution in [3.63, 3.8) is 0 Å². The van der Waals surface area contributed by atoms with E-state index in [1.165, 1.54) is 6.26 Å². The maximum atomic E-state index is 10.1. The molecule has 1 heterocycles. The van der Waals surface area contributed by atoms with Gasteiger partial charge in [-0.3, -0.25) is 4.89 Å². The fourth-order valence-corrected chi connectivity index (χ4v) is 0.538. The van der Waals surface area contributed by atoms with Crippen LogP contribution in [0.15, 0.2) is 25.2 Å². The van der Waals surface area contributed by atoms with Gasteiger partial charge < -0.3 is 9.47 Å². The summed E-state index contributed by atoms with van der Waals surface area (Å²) in [5.74, 6) is 0.671. The Labute approximate surface area is 82.8 Å². The molecule has 1 atom stereocenters. The van der Waals surface area contributed by atoms with Crippen LogP contribution in [0.25, 0.3) is 0 Å². The largest absolute Gasteiger partial charge is 0.540 e. The average molecular weight is 202 g/mol. The van der Waals surface area contributed by atoms with Crippen LogP contribution < -0.4 is 0 Å². The molecule has 1 fully saturated rings. The predicted octanol–water partition coefficient (Wildman–Crippen LogP) is 2.15. The Kier molecular flexibility index (Phi) is 6.22. The molecule has 1 aliphatic rings. The lowest BCUT2D eigenvalue weighted by Crippen LogP contribution is -2.27. The monoisotopic (exact) mass is 202 g/mol. The average Bonchev–Trinajstić information content (AvgIpc) is 2.03. The first-order chi connectivity index (χ1) is 6.56. The van der Waals surface area contributed by atoms with Crippen LogP contribution in [-0.4, -0.2) is 18.9 Å². The summed E-state index contributed by atoms with van der Waals surface area (Å²) in [5, 5.41) is 0. The lowest BCUT2D eigenvalue weighted by Gasteiger charge is -2.15. The van der Waals surface area contributed by atoms with Gasteiger partial charge in [0, 0.05) is 0 Å². The summed E-state index contributed by atoms with van der Waals surface area (Å²) < 4.78 is 9.11. The van der Waals surface area contributed by atoms with Gasteiger partial charge in [-0.1, -0.05) is 13.2 Å². The zero-order valence-corrected chi connectivity index (χ0v) is 8.32. The molecule has 0 aromatic rings. The molecule has 0 saturated carbocycles. The van der Waals surface area contributed by atoms with Gasteiger partial charge in [-0.2, -0.15) is 4.89 Å². The molecule has 0 N–H and O–H groups in total. The molecule has 0 aromatic heterocycles. The van der Waals surface area contributed by atoms with E-state index >= 15 is 0 Å². The fraction of sp³-hybridized carbons (Fsp3) is 0.444. The molecule has 5 heteroatoms. The van der Waals surface area contributed by atoms with E-state index in [-0.39, 0.29) is 6.10 Å². The normalized spacial score (nSPS) is 19.3. The second-order valence-electron chi connectivity index (χ2n) is 2.53. The van der Waals surface area contributed by atoms with Gasteiger partial charge in [0.15, 0.2) is 0 Å². The molecule has 1 rings (SSSR count). The van der Waals surface area contributed by atoms with Crippen molar-refractivity contribution in [2.45, 2.75) is 20.0 Å². The van der Waals surface area contributed by atoms with Gasteiger partial charge >= 0.3 is 6.16 Å². The molecular weight excluding hydrogens is 188 g/mol. The van der Waals surface area contributed by atoms with Crippen LogP contribution >= 0.6 is 0 Å². The van der Waals surface area contributed by atoms with Gasteiger partial charge in [0.05, 0.1) is 12.0 Å². The maximum Gasteiger partial charge on any atom is 0.540 e. The lowest BCUT2D eigenvalue weighted by molar-refractivity contribution is -0.298. The topological polar surface area (TPSA) is 54.0 Å². The molecule has 0 aliphatic carbocycles. The van der Waals surface area contributed by atoms with Crippen LogP contribution in [0.3, 0.4) is 0 Å². The van der Waals surface area contributed by atoms with Gasteiger partial charge in [-0.05, 0) is 13.8 Å². The minimum absolute atomic E-state index is 0.184.